The lowest BCUT2D eigenvalue weighted by molar-refractivity contribution is -0.136. The minimum Gasteiger partial charge on any atom is -0.481 e. The van der Waals surface area contributed by atoms with Crippen LogP contribution in [0, 0.1) is 0 Å². The third-order valence-electron chi connectivity index (χ3n) is 3.28. The Morgan fingerprint density at radius 1 is 1.27 bits per heavy atom. The van der Waals surface area contributed by atoms with Gasteiger partial charge in [-0.15, -0.1) is 10.2 Å². The van der Waals surface area contributed by atoms with Gasteiger partial charge in [0.05, 0.1) is 13.2 Å². The molecule has 22 heavy (non-hydrogen) atoms. The monoisotopic (exact) mass is 323 g/mol. The summed E-state index contributed by atoms with van der Waals surface area (Å²) >= 11 is 6.17. The summed E-state index contributed by atoms with van der Waals surface area (Å²) in [6, 6.07) is 5.48. The molecule has 3 rings (SSSR count). The van der Waals surface area contributed by atoms with E-state index in [9.17, 15) is 4.79 Å². The van der Waals surface area contributed by atoms with Crippen LogP contribution in [-0.2, 0) is 16.0 Å². The SMILES string of the molecule is O=C(O)Cc1nnc(-c2cc(Cl)cc(N3CCOCC3)c2)o1. The van der Waals surface area contributed by atoms with Crippen LogP contribution >= 0.6 is 11.6 Å². The Hall–Kier alpha value is -2.12. The summed E-state index contributed by atoms with van der Waals surface area (Å²) in [7, 11) is 0. The Morgan fingerprint density at radius 2 is 2.05 bits per heavy atom. The summed E-state index contributed by atoms with van der Waals surface area (Å²) in [4.78, 5) is 12.8. The standard InChI is InChI=1S/C14H14ClN3O4/c15-10-5-9(14-17-16-12(22-14)8-13(19)20)6-11(7-10)18-1-3-21-4-2-18/h5-7H,1-4,8H2,(H,19,20). The first-order chi connectivity index (χ1) is 10.6. The number of aromatic nitrogens is 2. The zero-order valence-corrected chi connectivity index (χ0v) is 12.4. The van der Waals surface area contributed by atoms with Crippen LogP contribution in [0.1, 0.15) is 5.89 Å². The van der Waals surface area contributed by atoms with Gasteiger partial charge >= 0.3 is 5.97 Å². The Kier molecular flexibility index (Phi) is 4.26. The van der Waals surface area contributed by atoms with Crippen LogP contribution in [0.3, 0.4) is 0 Å². The van der Waals surface area contributed by atoms with E-state index < -0.39 is 5.97 Å². The molecule has 0 spiro atoms. The molecule has 0 radical (unpaired) electrons. The normalized spacial score (nSPS) is 15.0. The molecule has 1 aliphatic heterocycles. The molecular weight excluding hydrogens is 310 g/mol. The number of carboxylic acid groups (broad SMARTS) is 1. The average Bonchev–Trinajstić information content (AvgIpc) is 2.95. The number of hydrogen-bond acceptors (Lipinski definition) is 6. The highest BCUT2D eigenvalue weighted by molar-refractivity contribution is 6.31. The summed E-state index contributed by atoms with van der Waals surface area (Å²) in [5.41, 5.74) is 1.61. The lowest BCUT2D eigenvalue weighted by atomic mass is 10.1. The average molecular weight is 324 g/mol. The molecule has 1 fully saturated rings. The first-order valence-corrected chi connectivity index (χ1v) is 7.17. The van der Waals surface area contributed by atoms with Crippen molar-refractivity contribution in [3.8, 4) is 11.5 Å². The van der Waals surface area contributed by atoms with Gasteiger partial charge < -0.3 is 19.2 Å². The highest BCUT2D eigenvalue weighted by atomic mass is 35.5. The van der Waals surface area contributed by atoms with Crippen molar-refractivity contribution in [3.63, 3.8) is 0 Å². The highest BCUT2D eigenvalue weighted by Crippen LogP contribution is 2.29. The molecule has 0 unspecified atom stereocenters. The van der Waals surface area contributed by atoms with Gasteiger partial charge in [-0.25, -0.2) is 0 Å². The second kappa shape index (κ2) is 6.33. The predicted octanol–water partition coefficient (Wildman–Crippen LogP) is 1.85. The number of aliphatic carboxylic acids is 1. The zero-order valence-electron chi connectivity index (χ0n) is 11.7. The van der Waals surface area contributed by atoms with E-state index in [1.165, 1.54) is 0 Å². The van der Waals surface area contributed by atoms with Gasteiger partial charge in [-0.2, -0.15) is 0 Å². The van der Waals surface area contributed by atoms with Crippen molar-refractivity contribution in [2.75, 3.05) is 31.2 Å². The van der Waals surface area contributed by atoms with E-state index in [4.69, 9.17) is 25.9 Å². The molecule has 0 bridgehead atoms. The molecule has 2 heterocycles. The lowest BCUT2D eigenvalue weighted by Crippen LogP contribution is -2.36. The van der Waals surface area contributed by atoms with Crippen molar-refractivity contribution in [1.82, 2.24) is 10.2 Å². The van der Waals surface area contributed by atoms with E-state index in [0.717, 1.165) is 18.8 Å². The van der Waals surface area contributed by atoms with E-state index in [1.54, 1.807) is 6.07 Å². The minimum absolute atomic E-state index is 0.0652. The van der Waals surface area contributed by atoms with Gasteiger partial charge in [0, 0.05) is 29.4 Å². The summed E-state index contributed by atoms with van der Waals surface area (Å²) in [6.45, 7) is 2.91. The first-order valence-electron chi connectivity index (χ1n) is 6.79. The Labute approximate surface area is 131 Å². The maximum atomic E-state index is 10.7. The van der Waals surface area contributed by atoms with Crippen molar-refractivity contribution >= 4 is 23.3 Å². The van der Waals surface area contributed by atoms with E-state index in [2.05, 4.69) is 15.1 Å². The third-order valence-corrected chi connectivity index (χ3v) is 3.49. The topological polar surface area (TPSA) is 88.7 Å². The number of morpholine rings is 1. The number of carboxylic acids is 1. The molecule has 116 valence electrons. The minimum atomic E-state index is -1.02. The third kappa shape index (κ3) is 3.37. The predicted molar refractivity (Wildman–Crippen MR) is 79.1 cm³/mol. The van der Waals surface area contributed by atoms with Crippen molar-refractivity contribution in [2.24, 2.45) is 0 Å². The summed E-state index contributed by atoms with van der Waals surface area (Å²) in [5.74, 6) is -0.695. The summed E-state index contributed by atoms with van der Waals surface area (Å²) in [6.07, 6.45) is -0.302. The molecule has 0 amide bonds. The van der Waals surface area contributed by atoms with Crippen molar-refractivity contribution in [3.05, 3.63) is 29.1 Å². The van der Waals surface area contributed by atoms with E-state index in [0.29, 0.717) is 23.8 Å². The molecule has 0 atom stereocenters. The fourth-order valence-corrected chi connectivity index (χ4v) is 2.50. The Bertz CT molecular complexity index is 682. The maximum Gasteiger partial charge on any atom is 0.312 e. The van der Waals surface area contributed by atoms with Crippen LogP contribution in [0.25, 0.3) is 11.5 Å². The van der Waals surface area contributed by atoms with E-state index in [-0.39, 0.29) is 18.2 Å². The van der Waals surface area contributed by atoms with Gasteiger partial charge in [0.25, 0.3) is 0 Å². The number of benzene rings is 1. The molecule has 1 aromatic heterocycles. The van der Waals surface area contributed by atoms with Gasteiger partial charge in [-0.05, 0) is 18.2 Å². The second-order valence-corrected chi connectivity index (χ2v) is 5.31. The van der Waals surface area contributed by atoms with Crippen molar-refractivity contribution in [1.29, 1.82) is 0 Å². The molecule has 2 aromatic rings. The summed E-state index contributed by atoms with van der Waals surface area (Å²) < 4.78 is 10.7. The molecule has 1 aromatic carbocycles. The molecule has 8 heteroatoms. The largest absolute Gasteiger partial charge is 0.481 e. The number of halogens is 1. The Balaban J connectivity index is 1.88. The zero-order chi connectivity index (χ0) is 15.5. The molecule has 7 nitrogen and oxygen atoms in total. The smallest absolute Gasteiger partial charge is 0.312 e. The van der Waals surface area contributed by atoms with Gasteiger partial charge in [0.1, 0.15) is 6.42 Å². The fraction of sp³-hybridized carbons (Fsp3) is 0.357. The molecule has 1 N–H and O–H groups in total. The second-order valence-electron chi connectivity index (χ2n) is 4.87. The van der Waals surface area contributed by atoms with Gasteiger partial charge in [0.15, 0.2) is 0 Å². The van der Waals surface area contributed by atoms with Crippen LogP contribution < -0.4 is 4.90 Å². The van der Waals surface area contributed by atoms with Gasteiger partial charge in [0.2, 0.25) is 11.8 Å². The van der Waals surface area contributed by atoms with Crippen LogP contribution in [0.2, 0.25) is 5.02 Å². The van der Waals surface area contributed by atoms with E-state index in [1.807, 2.05) is 12.1 Å². The highest BCUT2D eigenvalue weighted by Gasteiger charge is 2.16. The first kappa shape index (κ1) is 14.8. The summed E-state index contributed by atoms with van der Waals surface area (Å²) in [5, 5.41) is 16.9. The number of ether oxygens (including phenoxy) is 1. The molecule has 0 saturated carbocycles. The Morgan fingerprint density at radius 3 is 2.77 bits per heavy atom. The molecule has 1 aliphatic rings. The van der Waals surface area contributed by atoms with Crippen LogP contribution in [-0.4, -0.2) is 47.6 Å². The number of carbonyl (C=O) groups is 1. The molecule has 1 saturated heterocycles. The van der Waals surface area contributed by atoms with E-state index >= 15 is 0 Å². The number of hydrogen-bond donors (Lipinski definition) is 1. The fourth-order valence-electron chi connectivity index (χ4n) is 2.27. The van der Waals surface area contributed by atoms with Crippen LogP contribution in [0.15, 0.2) is 22.6 Å². The molecule has 0 aliphatic carbocycles. The number of anilines is 1. The van der Waals surface area contributed by atoms with Crippen LogP contribution in [0.4, 0.5) is 5.69 Å². The number of nitrogens with zero attached hydrogens (tertiary/aromatic N) is 3. The number of rotatable bonds is 4. The molecular formula is C14H14ClN3O4. The van der Waals surface area contributed by atoms with Gasteiger partial charge in [-0.1, -0.05) is 11.6 Å². The van der Waals surface area contributed by atoms with Crippen molar-refractivity contribution < 1.29 is 19.1 Å². The van der Waals surface area contributed by atoms with Crippen LogP contribution in [0.5, 0.6) is 0 Å². The van der Waals surface area contributed by atoms with Crippen molar-refractivity contribution in [2.45, 2.75) is 6.42 Å². The quantitative estimate of drug-likeness (QED) is 0.918. The lowest BCUT2D eigenvalue weighted by Gasteiger charge is -2.29. The van der Waals surface area contributed by atoms with Gasteiger partial charge in [-0.3, -0.25) is 4.79 Å². The maximum absolute atomic E-state index is 10.7.